The molecule has 0 aromatic carbocycles. The molecule has 0 aliphatic carbocycles. The fourth-order valence-corrected chi connectivity index (χ4v) is 2.96. The van der Waals surface area contributed by atoms with Crippen molar-refractivity contribution in [1.82, 2.24) is 5.32 Å². The number of ether oxygens (including phenoxy) is 1. The Balaban J connectivity index is 2.47. The minimum absolute atomic E-state index is 0.0556. The monoisotopic (exact) mass is 289 g/mol. The molecule has 5 heteroatoms. The van der Waals surface area contributed by atoms with E-state index in [1.54, 1.807) is 13.2 Å². The van der Waals surface area contributed by atoms with Gasteiger partial charge in [-0.1, -0.05) is 20.8 Å². The maximum absolute atomic E-state index is 11.9. The molecule has 1 heterocycles. The highest BCUT2D eigenvalue weighted by atomic mass is 35.5. The predicted molar refractivity (Wildman–Crippen MR) is 76.9 cm³/mol. The van der Waals surface area contributed by atoms with E-state index in [0.29, 0.717) is 17.2 Å². The molecule has 3 nitrogen and oxygen atoms in total. The summed E-state index contributed by atoms with van der Waals surface area (Å²) in [5.41, 5.74) is 0.164. The molecule has 1 aromatic rings. The summed E-state index contributed by atoms with van der Waals surface area (Å²) in [7, 11) is 1.56. The summed E-state index contributed by atoms with van der Waals surface area (Å²) in [6, 6.07) is 1.78. The first-order valence-corrected chi connectivity index (χ1v) is 7.19. The SMILES string of the molecule is COc1ccsc1C(=O)NCC(Cl)CC(C)(C)C. The number of carbonyl (C=O) groups is 1. The van der Waals surface area contributed by atoms with E-state index in [4.69, 9.17) is 16.3 Å². The lowest BCUT2D eigenvalue weighted by Crippen LogP contribution is -2.31. The van der Waals surface area contributed by atoms with Gasteiger partial charge < -0.3 is 10.1 Å². The van der Waals surface area contributed by atoms with Gasteiger partial charge in [0.1, 0.15) is 10.6 Å². The highest BCUT2D eigenvalue weighted by Crippen LogP contribution is 2.25. The third-order valence-corrected chi connectivity index (χ3v) is 3.58. The standard InChI is InChI=1S/C13H20ClNO2S/c1-13(2,3)7-9(14)8-15-12(16)11-10(17-4)5-6-18-11/h5-6,9H,7-8H2,1-4H3,(H,15,16). The van der Waals surface area contributed by atoms with Crippen LogP contribution in [0.1, 0.15) is 36.9 Å². The van der Waals surface area contributed by atoms with E-state index in [2.05, 4.69) is 26.1 Å². The zero-order chi connectivity index (χ0) is 13.8. The van der Waals surface area contributed by atoms with Crippen LogP contribution in [0.2, 0.25) is 0 Å². The highest BCUT2D eigenvalue weighted by molar-refractivity contribution is 7.12. The lowest BCUT2D eigenvalue weighted by atomic mass is 9.90. The smallest absolute Gasteiger partial charge is 0.265 e. The number of amides is 1. The zero-order valence-electron chi connectivity index (χ0n) is 11.2. The van der Waals surface area contributed by atoms with Crippen molar-refractivity contribution in [1.29, 1.82) is 0 Å². The molecule has 102 valence electrons. The van der Waals surface area contributed by atoms with Gasteiger partial charge in [0, 0.05) is 6.54 Å². The lowest BCUT2D eigenvalue weighted by Gasteiger charge is -2.21. The van der Waals surface area contributed by atoms with Crippen LogP contribution in [0.15, 0.2) is 11.4 Å². The summed E-state index contributed by atoms with van der Waals surface area (Å²) < 4.78 is 5.11. The van der Waals surface area contributed by atoms with Gasteiger partial charge >= 0.3 is 0 Å². The lowest BCUT2D eigenvalue weighted by molar-refractivity contribution is 0.0953. The second-order valence-electron chi connectivity index (χ2n) is 5.39. The minimum atomic E-state index is -0.124. The van der Waals surface area contributed by atoms with Crippen LogP contribution in [0.25, 0.3) is 0 Å². The van der Waals surface area contributed by atoms with Crippen LogP contribution in [0.5, 0.6) is 5.75 Å². The van der Waals surface area contributed by atoms with Crippen molar-refractivity contribution >= 4 is 28.8 Å². The molecule has 18 heavy (non-hydrogen) atoms. The molecule has 1 rings (SSSR count). The van der Waals surface area contributed by atoms with Crippen LogP contribution in [0.3, 0.4) is 0 Å². The van der Waals surface area contributed by atoms with Crippen molar-refractivity contribution in [3.8, 4) is 5.75 Å². The number of thiophene rings is 1. The first kappa shape index (κ1) is 15.3. The van der Waals surface area contributed by atoms with Gasteiger partial charge in [0.15, 0.2) is 0 Å². The number of methoxy groups -OCH3 is 1. The first-order chi connectivity index (χ1) is 8.33. The Hall–Kier alpha value is -0.740. The van der Waals surface area contributed by atoms with Gasteiger partial charge in [-0.15, -0.1) is 22.9 Å². The van der Waals surface area contributed by atoms with Crippen LogP contribution in [-0.4, -0.2) is 24.9 Å². The van der Waals surface area contributed by atoms with Gasteiger partial charge in [-0.2, -0.15) is 0 Å². The number of rotatable bonds is 5. The molecule has 0 aliphatic rings. The van der Waals surface area contributed by atoms with Crippen LogP contribution in [0.4, 0.5) is 0 Å². The Morgan fingerprint density at radius 2 is 2.22 bits per heavy atom. The Labute approximate surface area is 117 Å². The number of nitrogens with one attached hydrogen (secondary N) is 1. The van der Waals surface area contributed by atoms with Crippen LogP contribution < -0.4 is 10.1 Å². The summed E-state index contributed by atoms with van der Waals surface area (Å²) in [4.78, 5) is 12.5. The molecule has 0 saturated heterocycles. The maximum atomic E-state index is 11.9. The van der Waals surface area contributed by atoms with E-state index in [0.717, 1.165) is 6.42 Å². The number of hydrogen-bond donors (Lipinski definition) is 1. The molecule has 1 atom stereocenters. The normalized spacial score (nSPS) is 13.2. The quantitative estimate of drug-likeness (QED) is 0.842. The van der Waals surface area contributed by atoms with Crippen molar-refractivity contribution in [3.63, 3.8) is 0 Å². The zero-order valence-corrected chi connectivity index (χ0v) is 12.8. The number of alkyl halides is 1. The van der Waals surface area contributed by atoms with Gasteiger partial charge in [0.05, 0.1) is 12.5 Å². The van der Waals surface area contributed by atoms with Crippen LogP contribution in [-0.2, 0) is 0 Å². The summed E-state index contributed by atoms with van der Waals surface area (Å²) in [6.45, 7) is 6.87. The molecule has 1 unspecified atom stereocenters. The van der Waals surface area contributed by atoms with E-state index < -0.39 is 0 Å². The molecule has 1 N–H and O–H groups in total. The second kappa shape index (κ2) is 6.43. The topological polar surface area (TPSA) is 38.3 Å². The molecule has 1 aromatic heterocycles. The summed E-state index contributed by atoms with van der Waals surface area (Å²) in [5.74, 6) is 0.487. The Morgan fingerprint density at radius 1 is 1.56 bits per heavy atom. The maximum Gasteiger partial charge on any atom is 0.265 e. The van der Waals surface area contributed by atoms with Gasteiger partial charge in [-0.25, -0.2) is 0 Å². The third kappa shape index (κ3) is 4.86. The van der Waals surface area contributed by atoms with E-state index in [9.17, 15) is 4.79 Å². The molecule has 0 fully saturated rings. The molecular weight excluding hydrogens is 270 g/mol. The second-order valence-corrected chi connectivity index (χ2v) is 6.92. The van der Waals surface area contributed by atoms with Crippen molar-refractivity contribution in [3.05, 3.63) is 16.3 Å². The number of halogens is 1. The van der Waals surface area contributed by atoms with E-state index in [-0.39, 0.29) is 16.7 Å². The van der Waals surface area contributed by atoms with Crippen molar-refractivity contribution in [2.45, 2.75) is 32.6 Å². The van der Waals surface area contributed by atoms with Crippen molar-refractivity contribution in [2.75, 3.05) is 13.7 Å². The van der Waals surface area contributed by atoms with Gasteiger partial charge in [-0.3, -0.25) is 4.79 Å². The van der Waals surface area contributed by atoms with Crippen LogP contribution >= 0.6 is 22.9 Å². The average Bonchev–Trinajstić information content (AvgIpc) is 2.71. The van der Waals surface area contributed by atoms with Gasteiger partial charge in [0.25, 0.3) is 5.91 Å². The van der Waals surface area contributed by atoms with E-state index >= 15 is 0 Å². The third-order valence-electron chi connectivity index (χ3n) is 2.37. The number of carbonyl (C=O) groups excluding carboxylic acids is 1. The van der Waals surface area contributed by atoms with Crippen molar-refractivity contribution in [2.24, 2.45) is 5.41 Å². The minimum Gasteiger partial charge on any atom is -0.495 e. The molecule has 0 radical (unpaired) electrons. The molecule has 0 aliphatic heterocycles. The largest absolute Gasteiger partial charge is 0.495 e. The molecular formula is C13H20ClNO2S. The van der Waals surface area contributed by atoms with Gasteiger partial charge in [0.2, 0.25) is 0 Å². The molecule has 0 bridgehead atoms. The van der Waals surface area contributed by atoms with E-state index in [1.807, 2.05) is 5.38 Å². The van der Waals surface area contributed by atoms with Crippen molar-refractivity contribution < 1.29 is 9.53 Å². The Morgan fingerprint density at radius 3 is 2.78 bits per heavy atom. The summed E-state index contributed by atoms with van der Waals surface area (Å²) in [6.07, 6.45) is 0.858. The predicted octanol–water partition coefficient (Wildman–Crippen LogP) is 3.53. The molecule has 1 amide bonds. The van der Waals surface area contributed by atoms with Gasteiger partial charge in [-0.05, 0) is 23.3 Å². The Bertz CT molecular complexity index is 398. The molecule has 0 spiro atoms. The summed E-state index contributed by atoms with van der Waals surface area (Å²) >= 11 is 7.57. The first-order valence-electron chi connectivity index (χ1n) is 5.87. The van der Waals surface area contributed by atoms with Crippen LogP contribution in [0, 0.1) is 5.41 Å². The highest BCUT2D eigenvalue weighted by Gasteiger charge is 2.19. The fraction of sp³-hybridized carbons (Fsp3) is 0.615. The Kier molecular flexibility index (Phi) is 5.47. The van der Waals surface area contributed by atoms with E-state index in [1.165, 1.54) is 11.3 Å². The average molecular weight is 290 g/mol. The molecule has 0 saturated carbocycles. The number of hydrogen-bond acceptors (Lipinski definition) is 3. The fourth-order valence-electron chi connectivity index (χ4n) is 1.64. The summed E-state index contributed by atoms with van der Waals surface area (Å²) in [5, 5.41) is 4.62.